The highest BCUT2D eigenvalue weighted by Crippen LogP contribution is 2.39. The summed E-state index contributed by atoms with van der Waals surface area (Å²) in [5.41, 5.74) is 0.195. The van der Waals surface area contributed by atoms with Gasteiger partial charge in [0.1, 0.15) is 6.54 Å². The molecule has 0 aromatic heterocycles. The minimum Gasteiger partial charge on any atom is -0.465 e. The second kappa shape index (κ2) is 5.19. The first-order valence-corrected chi connectivity index (χ1v) is 6.22. The van der Waals surface area contributed by atoms with Crippen molar-refractivity contribution in [2.24, 2.45) is 0 Å². The minimum atomic E-state index is -0.835. The minimum absolute atomic E-state index is 0.0310. The molecule has 0 bridgehead atoms. The zero-order chi connectivity index (χ0) is 14.2. The molecule has 100 valence electrons. The van der Waals surface area contributed by atoms with E-state index < -0.39 is 17.7 Å². The fourth-order valence-electron chi connectivity index (χ4n) is 1.84. The van der Waals surface area contributed by atoms with Gasteiger partial charge in [-0.05, 0) is 19.1 Å². The molecule has 1 amide bonds. The number of ketones is 1. The Morgan fingerprint density at radius 1 is 1.26 bits per heavy atom. The Balaban J connectivity index is 2.44. The fraction of sp³-hybridized carbons (Fsp3) is 0.250. The van der Waals surface area contributed by atoms with Crippen molar-refractivity contribution >= 4 is 46.5 Å². The summed E-state index contributed by atoms with van der Waals surface area (Å²) in [7, 11) is 0. The van der Waals surface area contributed by atoms with E-state index in [4.69, 9.17) is 27.9 Å². The number of carbonyl (C=O) groups excluding carboxylic acids is 3. The van der Waals surface area contributed by atoms with Gasteiger partial charge in [-0.3, -0.25) is 19.3 Å². The highest BCUT2D eigenvalue weighted by molar-refractivity contribution is 6.57. The number of Topliss-reactive ketones (excluding diaryl/α,β-unsaturated/α-hetero) is 1. The van der Waals surface area contributed by atoms with Crippen LogP contribution < -0.4 is 4.90 Å². The van der Waals surface area contributed by atoms with Crippen LogP contribution in [-0.2, 0) is 14.3 Å². The summed E-state index contributed by atoms with van der Waals surface area (Å²) in [6, 6.07) is 2.90. The third kappa shape index (κ3) is 2.31. The molecule has 1 aromatic rings. The molecule has 2 rings (SSSR count). The molecule has 1 aliphatic rings. The zero-order valence-corrected chi connectivity index (χ0v) is 11.4. The van der Waals surface area contributed by atoms with Crippen molar-refractivity contribution in [3.05, 3.63) is 27.7 Å². The predicted octanol–water partition coefficient (Wildman–Crippen LogP) is 2.09. The van der Waals surface area contributed by atoms with Gasteiger partial charge in [-0.2, -0.15) is 0 Å². The van der Waals surface area contributed by atoms with E-state index in [-0.39, 0.29) is 34.4 Å². The third-order valence-electron chi connectivity index (χ3n) is 2.61. The Bertz CT molecular complexity index is 585. The first-order chi connectivity index (χ1) is 8.97. The Hall–Kier alpha value is -1.59. The Kier molecular flexibility index (Phi) is 3.78. The maximum atomic E-state index is 11.9. The number of anilines is 1. The molecule has 0 saturated heterocycles. The number of nitrogens with zero attached hydrogens (tertiary/aromatic N) is 1. The summed E-state index contributed by atoms with van der Waals surface area (Å²) in [5, 5.41) is 0.312. The van der Waals surface area contributed by atoms with Crippen LogP contribution in [0.3, 0.4) is 0 Å². The van der Waals surface area contributed by atoms with E-state index >= 15 is 0 Å². The summed E-state index contributed by atoms with van der Waals surface area (Å²) in [6.07, 6.45) is 0. The average Bonchev–Trinajstić information content (AvgIpc) is 2.60. The van der Waals surface area contributed by atoms with Crippen molar-refractivity contribution in [3.63, 3.8) is 0 Å². The number of amides is 1. The van der Waals surface area contributed by atoms with Gasteiger partial charge in [-0.15, -0.1) is 0 Å². The molecule has 1 aromatic carbocycles. The van der Waals surface area contributed by atoms with E-state index in [2.05, 4.69) is 0 Å². The average molecular weight is 302 g/mol. The number of hydrogen-bond donors (Lipinski definition) is 0. The van der Waals surface area contributed by atoms with Crippen LogP contribution in [0.25, 0.3) is 0 Å². The molecule has 7 heteroatoms. The lowest BCUT2D eigenvalue weighted by Crippen LogP contribution is -2.35. The number of fused-ring (bicyclic) bond motifs is 1. The van der Waals surface area contributed by atoms with Crippen LogP contribution in [0.15, 0.2) is 12.1 Å². The standard InChI is InChI=1S/C12H9Cl2NO4/c1-2-19-8(16)5-15-10-7(14)4-3-6(13)9(10)11(17)12(15)18/h3-4H,2,5H2,1H3. The van der Waals surface area contributed by atoms with E-state index in [1.807, 2.05) is 0 Å². The second-order valence-corrected chi connectivity index (χ2v) is 4.59. The summed E-state index contributed by atoms with van der Waals surface area (Å²) >= 11 is 11.9. The monoisotopic (exact) mass is 301 g/mol. The maximum absolute atomic E-state index is 11.9. The van der Waals surface area contributed by atoms with E-state index in [9.17, 15) is 14.4 Å². The summed E-state index contributed by atoms with van der Waals surface area (Å²) in [5.74, 6) is -2.22. The number of benzene rings is 1. The highest BCUT2D eigenvalue weighted by atomic mass is 35.5. The molecule has 0 aliphatic carbocycles. The molecule has 1 aliphatic heterocycles. The molecule has 0 N–H and O–H groups in total. The lowest BCUT2D eigenvalue weighted by atomic mass is 10.1. The van der Waals surface area contributed by atoms with Crippen molar-refractivity contribution in [2.75, 3.05) is 18.1 Å². The summed E-state index contributed by atoms with van der Waals surface area (Å²) in [4.78, 5) is 36.1. The van der Waals surface area contributed by atoms with Crippen LogP contribution >= 0.6 is 23.2 Å². The summed E-state index contributed by atoms with van der Waals surface area (Å²) in [6.45, 7) is 1.46. The molecule has 0 radical (unpaired) electrons. The van der Waals surface area contributed by atoms with Crippen LogP contribution in [0, 0.1) is 0 Å². The molecule has 0 atom stereocenters. The summed E-state index contributed by atoms with van der Waals surface area (Å²) < 4.78 is 4.75. The molecule has 0 spiro atoms. The van der Waals surface area contributed by atoms with Gasteiger partial charge in [0.05, 0.1) is 27.9 Å². The lowest BCUT2D eigenvalue weighted by Gasteiger charge is -2.16. The van der Waals surface area contributed by atoms with Crippen molar-refractivity contribution in [1.82, 2.24) is 0 Å². The zero-order valence-electron chi connectivity index (χ0n) is 9.91. The lowest BCUT2D eigenvalue weighted by molar-refractivity contribution is -0.142. The number of hydrogen-bond acceptors (Lipinski definition) is 4. The number of halogens is 2. The van der Waals surface area contributed by atoms with E-state index in [1.54, 1.807) is 6.92 Å². The molecule has 0 fully saturated rings. The number of ether oxygens (including phenoxy) is 1. The van der Waals surface area contributed by atoms with Gasteiger partial charge in [0.2, 0.25) is 0 Å². The number of rotatable bonds is 3. The van der Waals surface area contributed by atoms with E-state index in [0.717, 1.165) is 4.90 Å². The van der Waals surface area contributed by atoms with Crippen LogP contribution in [0.4, 0.5) is 5.69 Å². The van der Waals surface area contributed by atoms with Crippen molar-refractivity contribution < 1.29 is 19.1 Å². The maximum Gasteiger partial charge on any atom is 0.326 e. The largest absolute Gasteiger partial charge is 0.465 e. The van der Waals surface area contributed by atoms with Gasteiger partial charge < -0.3 is 4.74 Å². The normalized spacial score (nSPS) is 13.7. The highest BCUT2D eigenvalue weighted by Gasteiger charge is 2.40. The molecular weight excluding hydrogens is 293 g/mol. The van der Waals surface area contributed by atoms with Crippen molar-refractivity contribution in [3.8, 4) is 0 Å². The van der Waals surface area contributed by atoms with E-state index in [0.29, 0.717) is 0 Å². The SMILES string of the molecule is CCOC(=O)CN1C(=O)C(=O)c2c(Cl)ccc(Cl)c21. The topological polar surface area (TPSA) is 63.7 Å². The molecule has 1 heterocycles. The Morgan fingerprint density at radius 3 is 2.53 bits per heavy atom. The fourth-order valence-corrected chi connectivity index (χ4v) is 2.34. The van der Waals surface area contributed by atoms with Gasteiger partial charge in [0.15, 0.2) is 0 Å². The smallest absolute Gasteiger partial charge is 0.326 e. The van der Waals surface area contributed by atoms with Gasteiger partial charge in [0.25, 0.3) is 11.7 Å². The van der Waals surface area contributed by atoms with Crippen LogP contribution in [0.2, 0.25) is 10.0 Å². The first-order valence-electron chi connectivity index (χ1n) is 5.47. The molecule has 5 nitrogen and oxygen atoms in total. The van der Waals surface area contributed by atoms with Gasteiger partial charge in [0, 0.05) is 0 Å². The molecule has 0 unspecified atom stereocenters. The molecular formula is C12H9Cl2NO4. The van der Waals surface area contributed by atoms with Crippen molar-refractivity contribution in [1.29, 1.82) is 0 Å². The third-order valence-corrected chi connectivity index (χ3v) is 3.23. The van der Waals surface area contributed by atoms with Crippen LogP contribution in [0.1, 0.15) is 17.3 Å². The quantitative estimate of drug-likeness (QED) is 0.633. The van der Waals surface area contributed by atoms with Crippen LogP contribution in [0.5, 0.6) is 0 Å². The molecule has 19 heavy (non-hydrogen) atoms. The Labute approximate surface area is 119 Å². The number of esters is 1. The molecule has 0 saturated carbocycles. The van der Waals surface area contributed by atoms with Crippen molar-refractivity contribution in [2.45, 2.75) is 6.92 Å². The predicted molar refractivity (Wildman–Crippen MR) is 69.8 cm³/mol. The Morgan fingerprint density at radius 2 is 1.89 bits per heavy atom. The van der Waals surface area contributed by atoms with Crippen LogP contribution in [-0.4, -0.2) is 30.8 Å². The van der Waals surface area contributed by atoms with Gasteiger partial charge in [-0.1, -0.05) is 23.2 Å². The second-order valence-electron chi connectivity index (χ2n) is 3.78. The van der Waals surface area contributed by atoms with Gasteiger partial charge >= 0.3 is 5.97 Å². The number of carbonyl (C=O) groups is 3. The van der Waals surface area contributed by atoms with E-state index in [1.165, 1.54) is 12.1 Å². The first kappa shape index (κ1) is 13.8. The van der Waals surface area contributed by atoms with Gasteiger partial charge in [-0.25, -0.2) is 0 Å².